The van der Waals surface area contributed by atoms with E-state index in [1.165, 1.54) is 96.3 Å². The molecule has 3 heteroatoms. The number of rotatable bonds is 21. The second kappa shape index (κ2) is 19.7. The molecule has 0 aliphatic carbocycles. The van der Waals surface area contributed by atoms with Crippen LogP contribution < -0.4 is 9.47 Å². The lowest BCUT2D eigenvalue weighted by Crippen LogP contribution is -1.97. The van der Waals surface area contributed by atoms with E-state index in [0.717, 1.165) is 30.1 Å². The van der Waals surface area contributed by atoms with Crippen LogP contribution in [0.5, 0.6) is 11.5 Å². The standard InChI is InChI=1S/C27H48O3/c1-4-5-6-7-8-9-10-11-12-13-14-15-16-17-18-19-22-30-24-25-20-21-26(28-2)27(23-25)29-3/h20-21,23H,4-19,22,24H2,1-3H3. The normalized spacial score (nSPS) is 11.0. The lowest BCUT2D eigenvalue weighted by Gasteiger charge is -2.10. The van der Waals surface area contributed by atoms with Crippen LogP contribution in [-0.4, -0.2) is 20.8 Å². The van der Waals surface area contributed by atoms with Crippen molar-refractivity contribution in [2.24, 2.45) is 0 Å². The fourth-order valence-corrected chi connectivity index (χ4v) is 3.91. The molecule has 174 valence electrons. The Morgan fingerprint density at radius 1 is 0.567 bits per heavy atom. The molecule has 0 unspecified atom stereocenters. The van der Waals surface area contributed by atoms with Gasteiger partial charge < -0.3 is 14.2 Å². The first-order valence-corrected chi connectivity index (χ1v) is 12.6. The zero-order valence-electron chi connectivity index (χ0n) is 20.2. The Bertz CT molecular complexity index is 501. The van der Waals surface area contributed by atoms with Gasteiger partial charge in [0.25, 0.3) is 0 Å². The van der Waals surface area contributed by atoms with Gasteiger partial charge in [-0.25, -0.2) is 0 Å². The fraction of sp³-hybridized carbons (Fsp3) is 0.778. The van der Waals surface area contributed by atoms with E-state index in [1.807, 2.05) is 18.2 Å². The van der Waals surface area contributed by atoms with Crippen molar-refractivity contribution >= 4 is 0 Å². The zero-order valence-corrected chi connectivity index (χ0v) is 20.2. The summed E-state index contributed by atoms with van der Waals surface area (Å²) in [4.78, 5) is 0. The fourth-order valence-electron chi connectivity index (χ4n) is 3.91. The maximum atomic E-state index is 5.82. The Kier molecular flexibility index (Phi) is 17.6. The predicted molar refractivity (Wildman–Crippen MR) is 129 cm³/mol. The lowest BCUT2D eigenvalue weighted by atomic mass is 10.0. The van der Waals surface area contributed by atoms with Crippen molar-refractivity contribution in [2.75, 3.05) is 20.8 Å². The Balaban J connectivity index is 1.83. The summed E-state index contributed by atoms with van der Waals surface area (Å²) in [5.41, 5.74) is 1.13. The van der Waals surface area contributed by atoms with Crippen LogP contribution in [0, 0.1) is 0 Å². The molecular formula is C27H48O3. The molecule has 0 amide bonds. The van der Waals surface area contributed by atoms with Crippen LogP contribution in [0.2, 0.25) is 0 Å². The third kappa shape index (κ3) is 13.9. The van der Waals surface area contributed by atoms with Crippen molar-refractivity contribution in [1.82, 2.24) is 0 Å². The van der Waals surface area contributed by atoms with Gasteiger partial charge in [-0.3, -0.25) is 0 Å². The average Bonchev–Trinajstić information content (AvgIpc) is 2.78. The van der Waals surface area contributed by atoms with E-state index in [1.54, 1.807) is 14.2 Å². The summed E-state index contributed by atoms with van der Waals surface area (Å²) in [7, 11) is 3.32. The SMILES string of the molecule is CCCCCCCCCCCCCCCCCCOCc1ccc(OC)c(OC)c1. The van der Waals surface area contributed by atoms with Crippen molar-refractivity contribution in [2.45, 2.75) is 116 Å². The Morgan fingerprint density at radius 3 is 1.50 bits per heavy atom. The smallest absolute Gasteiger partial charge is 0.161 e. The summed E-state index contributed by atoms with van der Waals surface area (Å²) in [6, 6.07) is 5.97. The Labute approximate surface area is 186 Å². The van der Waals surface area contributed by atoms with Crippen LogP contribution in [0.4, 0.5) is 0 Å². The molecule has 0 spiro atoms. The van der Waals surface area contributed by atoms with Gasteiger partial charge in [-0.2, -0.15) is 0 Å². The van der Waals surface area contributed by atoms with Gasteiger partial charge in [0.2, 0.25) is 0 Å². The molecule has 0 aliphatic rings. The molecule has 0 saturated heterocycles. The maximum Gasteiger partial charge on any atom is 0.161 e. The highest BCUT2D eigenvalue weighted by Gasteiger charge is 2.04. The van der Waals surface area contributed by atoms with Crippen LogP contribution in [-0.2, 0) is 11.3 Å². The van der Waals surface area contributed by atoms with Gasteiger partial charge in [0, 0.05) is 6.61 Å². The highest BCUT2D eigenvalue weighted by molar-refractivity contribution is 5.42. The van der Waals surface area contributed by atoms with Crippen molar-refractivity contribution in [3.8, 4) is 11.5 Å². The number of benzene rings is 1. The van der Waals surface area contributed by atoms with Crippen molar-refractivity contribution < 1.29 is 14.2 Å². The third-order valence-corrected chi connectivity index (χ3v) is 5.86. The Hall–Kier alpha value is -1.22. The highest BCUT2D eigenvalue weighted by atomic mass is 16.5. The highest BCUT2D eigenvalue weighted by Crippen LogP contribution is 2.27. The second-order valence-electron chi connectivity index (χ2n) is 8.55. The van der Waals surface area contributed by atoms with Gasteiger partial charge in [0.05, 0.1) is 20.8 Å². The molecule has 0 aliphatic heterocycles. The van der Waals surface area contributed by atoms with E-state index in [4.69, 9.17) is 14.2 Å². The summed E-state index contributed by atoms with van der Waals surface area (Å²) in [6.07, 6.45) is 22.4. The molecule has 1 rings (SSSR count). The minimum Gasteiger partial charge on any atom is -0.493 e. The van der Waals surface area contributed by atoms with Crippen LogP contribution in [0.15, 0.2) is 18.2 Å². The molecule has 3 nitrogen and oxygen atoms in total. The topological polar surface area (TPSA) is 27.7 Å². The number of hydrogen-bond donors (Lipinski definition) is 0. The summed E-state index contributed by atoms with van der Waals surface area (Å²) in [6.45, 7) is 3.77. The number of methoxy groups -OCH3 is 2. The van der Waals surface area contributed by atoms with Crippen LogP contribution in [0.3, 0.4) is 0 Å². The summed E-state index contributed by atoms with van der Waals surface area (Å²) >= 11 is 0. The molecule has 0 heterocycles. The molecule has 1 aromatic rings. The molecule has 0 saturated carbocycles. The molecule has 30 heavy (non-hydrogen) atoms. The third-order valence-electron chi connectivity index (χ3n) is 5.86. The molecular weight excluding hydrogens is 372 g/mol. The first-order chi connectivity index (χ1) is 14.8. The summed E-state index contributed by atoms with van der Waals surface area (Å²) in [5, 5.41) is 0. The van der Waals surface area contributed by atoms with E-state index >= 15 is 0 Å². The van der Waals surface area contributed by atoms with E-state index in [-0.39, 0.29) is 0 Å². The van der Waals surface area contributed by atoms with Crippen molar-refractivity contribution in [1.29, 1.82) is 0 Å². The summed E-state index contributed by atoms with van der Waals surface area (Å²) < 4.78 is 16.4. The first kappa shape index (κ1) is 26.8. The van der Waals surface area contributed by atoms with Gasteiger partial charge >= 0.3 is 0 Å². The van der Waals surface area contributed by atoms with Gasteiger partial charge in [-0.05, 0) is 24.1 Å². The number of ether oxygens (including phenoxy) is 3. The minimum absolute atomic E-state index is 0.638. The largest absolute Gasteiger partial charge is 0.493 e. The van der Waals surface area contributed by atoms with Crippen LogP contribution in [0.1, 0.15) is 115 Å². The molecule has 0 radical (unpaired) electrons. The quantitative estimate of drug-likeness (QED) is 0.187. The van der Waals surface area contributed by atoms with Crippen LogP contribution in [0.25, 0.3) is 0 Å². The van der Waals surface area contributed by atoms with Gasteiger partial charge in [-0.15, -0.1) is 0 Å². The monoisotopic (exact) mass is 420 g/mol. The van der Waals surface area contributed by atoms with Gasteiger partial charge in [0.15, 0.2) is 11.5 Å². The molecule has 1 aromatic carbocycles. The minimum atomic E-state index is 0.638. The molecule has 0 fully saturated rings. The van der Waals surface area contributed by atoms with E-state index in [0.29, 0.717) is 6.61 Å². The molecule has 0 atom stereocenters. The summed E-state index contributed by atoms with van der Waals surface area (Å²) in [5.74, 6) is 1.53. The van der Waals surface area contributed by atoms with Gasteiger partial charge in [-0.1, -0.05) is 109 Å². The predicted octanol–water partition coefficient (Wildman–Crippen LogP) is 8.48. The number of hydrogen-bond acceptors (Lipinski definition) is 3. The first-order valence-electron chi connectivity index (χ1n) is 12.6. The lowest BCUT2D eigenvalue weighted by molar-refractivity contribution is 0.116. The van der Waals surface area contributed by atoms with E-state index in [2.05, 4.69) is 6.92 Å². The molecule has 0 N–H and O–H groups in total. The average molecular weight is 421 g/mol. The van der Waals surface area contributed by atoms with E-state index < -0.39 is 0 Å². The Morgan fingerprint density at radius 2 is 1.03 bits per heavy atom. The van der Waals surface area contributed by atoms with Crippen molar-refractivity contribution in [3.63, 3.8) is 0 Å². The molecule has 0 bridgehead atoms. The number of unbranched alkanes of at least 4 members (excludes halogenated alkanes) is 15. The maximum absolute atomic E-state index is 5.82. The van der Waals surface area contributed by atoms with Crippen LogP contribution >= 0.6 is 0 Å². The van der Waals surface area contributed by atoms with E-state index in [9.17, 15) is 0 Å². The zero-order chi connectivity index (χ0) is 21.7. The molecule has 0 aromatic heterocycles. The van der Waals surface area contributed by atoms with Gasteiger partial charge in [0.1, 0.15) is 0 Å². The second-order valence-corrected chi connectivity index (χ2v) is 8.55. The van der Waals surface area contributed by atoms with Crippen molar-refractivity contribution in [3.05, 3.63) is 23.8 Å².